The Kier molecular flexibility index (Phi) is 9.17. The lowest BCUT2D eigenvalue weighted by Gasteiger charge is -2.16. The fraction of sp³-hybridized carbons (Fsp3) is 0.625. The smallest absolute Gasteiger partial charge is 0.119 e. The van der Waals surface area contributed by atoms with E-state index in [-0.39, 0.29) is 0 Å². The van der Waals surface area contributed by atoms with Crippen molar-refractivity contribution >= 4 is 6.29 Å². The maximum atomic E-state index is 9.68. The maximum Gasteiger partial charge on any atom is 0.119 e. The van der Waals surface area contributed by atoms with Gasteiger partial charge < -0.3 is 4.79 Å². The van der Waals surface area contributed by atoms with Gasteiger partial charge in [0.05, 0.1) is 0 Å². The maximum absolute atomic E-state index is 9.68. The molecule has 1 heterocycles. The Morgan fingerprint density at radius 3 is 2.39 bits per heavy atom. The molecular weight excluding hydrogens is 222 g/mol. The van der Waals surface area contributed by atoms with Crippen LogP contribution in [0.4, 0.5) is 0 Å². The summed E-state index contributed by atoms with van der Waals surface area (Å²) >= 11 is 0. The van der Waals surface area contributed by atoms with Gasteiger partial charge in [-0.05, 0) is 30.4 Å². The zero-order valence-corrected chi connectivity index (χ0v) is 12.3. The van der Waals surface area contributed by atoms with Crippen LogP contribution in [-0.4, -0.2) is 11.3 Å². The van der Waals surface area contributed by atoms with E-state index in [9.17, 15) is 4.79 Å². The lowest BCUT2D eigenvalue weighted by atomic mass is 9.90. The van der Waals surface area contributed by atoms with Gasteiger partial charge in [-0.3, -0.25) is 4.98 Å². The molecular formula is C16H27NO. The monoisotopic (exact) mass is 249 g/mol. The molecule has 0 N–H and O–H groups in total. The first-order valence-electron chi connectivity index (χ1n) is 6.83. The number of nitrogens with zero attached hydrogens (tertiary/aromatic N) is 1. The van der Waals surface area contributed by atoms with Gasteiger partial charge in [0.15, 0.2) is 0 Å². The van der Waals surface area contributed by atoms with Crippen LogP contribution in [-0.2, 0) is 11.2 Å². The van der Waals surface area contributed by atoms with Crippen molar-refractivity contribution in [2.75, 3.05) is 0 Å². The normalized spacial score (nSPS) is 10.4. The molecule has 0 unspecified atom stereocenters. The summed E-state index contributed by atoms with van der Waals surface area (Å²) in [6, 6.07) is 6.06. The summed E-state index contributed by atoms with van der Waals surface area (Å²) in [7, 11) is 0. The highest BCUT2D eigenvalue weighted by Gasteiger charge is 2.10. The molecule has 18 heavy (non-hydrogen) atoms. The van der Waals surface area contributed by atoms with E-state index in [1.165, 1.54) is 18.5 Å². The average molecular weight is 249 g/mol. The van der Waals surface area contributed by atoms with Crippen LogP contribution in [0.3, 0.4) is 0 Å². The summed E-state index contributed by atoms with van der Waals surface area (Å²) in [5.74, 6) is 0. The minimum Gasteiger partial charge on any atom is -0.303 e. The minimum absolute atomic E-state index is 0.342. The van der Waals surface area contributed by atoms with E-state index < -0.39 is 0 Å². The molecule has 0 radical (unpaired) electrons. The van der Waals surface area contributed by atoms with Crippen LogP contribution in [0.25, 0.3) is 0 Å². The van der Waals surface area contributed by atoms with E-state index in [0.717, 1.165) is 25.5 Å². The summed E-state index contributed by atoms with van der Waals surface area (Å²) in [6.07, 6.45) is 8.09. The van der Waals surface area contributed by atoms with Crippen molar-refractivity contribution in [3.05, 3.63) is 30.1 Å². The van der Waals surface area contributed by atoms with Gasteiger partial charge in [0.2, 0.25) is 0 Å². The third-order valence-electron chi connectivity index (χ3n) is 2.36. The van der Waals surface area contributed by atoms with Crippen molar-refractivity contribution < 1.29 is 4.79 Å². The summed E-state index contributed by atoms with van der Waals surface area (Å²) in [6.45, 7) is 8.80. The molecule has 1 aromatic rings. The Morgan fingerprint density at radius 1 is 1.22 bits per heavy atom. The van der Waals surface area contributed by atoms with E-state index >= 15 is 0 Å². The number of carbonyl (C=O) groups excluding carboxylic acids is 1. The fourth-order valence-electron chi connectivity index (χ4n) is 1.52. The van der Waals surface area contributed by atoms with Gasteiger partial charge >= 0.3 is 0 Å². The third kappa shape index (κ3) is 11.3. The average Bonchev–Trinajstić information content (AvgIpc) is 2.30. The molecule has 1 aromatic heterocycles. The van der Waals surface area contributed by atoms with Gasteiger partial charge in [-0.15, -0.1) is 0 Å². The number of hydrogen-bond donors (Lipinski definition) is 0. The van der Waals surface area contributed by atoms with Crippen molar-refractivity contribution in [3.63, 3.8) is 0 Å². The zero-order chi connectivity index (χ0) is 13.9. The Morgan fingerprint density at radius 2 is 1.94 bits per heavy atom. The summed E-state index contributed by atoms with van der Waals surface area (Å²) in [5, 5.41) is 0. The van der Waals surface area contributed by atoms with Gasteiger partial charge in [-0.1, -0.05) is 46.6 Å². The second-order valence-corrected chi connectivity index (χ2v) is 5.72. The highest BCUT2D eigenvalue weighted by atomic mass is 16.1. The van der Waals surface area contributed by atoms with Gasteiger partial charge in [-0.25, -0.2) is 0 Å². The molecule has 0 aliphatic carbocycles. The number of pyridine rings is 1. The second kappa shape index (κ2) is 9.81. The summed E-state index contributed by atoms with van der Waals surface area (Å²) in [5.41, 5.74) is 1.52. The first-order valence-corrected chi connectivity index (χ1v) is 6.83. The minimum atomic E-state index is 0.342. The van der Waals surface area contributed by atoms with Crippen molar-refractivity contribution in [1.29, 1.82) is 0 Å². The van der Waals surface area contributed by atoms with E-state index in [2.05, 4.69) is 38.7 Å². The van der Waals surface area contributed by atoms with Crippen molar-refractivity contribution in [3.8, 4) is 0 Å². The summed E-state index contributed by atoms with van der Waals surface area (Å²) < 4.78 is 0. The van der Waals surface area contributed by atoms with Gasteiger partial charge in [0, 0.05) is 18.3 Å². The van der Waals surface area contributed by atoms with Crippen LogP contribution < -0.4 is 0 Å². The van der Waals surface area contributed by atoms with E-state index in [1.807, 2.05) is 18.3 Å². The number of carbonyl (C=O) groups is 1. The fourth-order valence-corrected chi connectivity index (χ4v) is 1.52. The molecule has 0 spiro atoms. The predicted octanol–water partition coefficient (Wildman–Crippen LogP) is 4.44. The Bertz CT molecular complexity index is 301. The van der Waals surface area contributed by atoms with E-state index in [1.54, 1.807) is 0 Å². The SMILES string of the molecule is CC(C)(C)Cc1ccccn1.CCCCCC=O. The number of unbranched alkanes of at least 4 members (excludes halogenated alkanes) is 3. The summed E-state index contributed by atoms with van der Waals surface area (Å²) in [4.78, 5) is 13.9. The number of aldehydes is 1. The molecule has 0 fully saturated rings. The van der Waals surface area contributed by atoms with Crippen LogP contribution in [0.2, 0.25) is 0 Å². The second-order valence-electron chi connectivity index (χ2n) is 5.72. The molecule has 0 saturated heterocycles. The van der Waals surface area contributed by atoms with Gasteiger partial charge in [0.25, 0.3) is 0 Å². The molecule has 0 atom stereocenters. The Balaban J connectivity index is 0.000000360. The topological polar surface area (TPSA) is 30.0 Å². The molecule has 2 heteroatoms. The number of hydrogen-bond acceptors (Lipinski definition) is 2. The van der Waals surface area contributed by atoms with Crippen molar-refractivity contribution in [1.82, 2.24) is 4.98 Å². The molecule has 0 aliphatic heterocycles. The Labute approximate surface area is 112 Å². The molecule has 0 amide bonds. The van der Waals surface area contributed by atoms with Crippen LogP contribution >= 0.6 is 0 Å². The molecule has 0 aromatic carbocycles. The number of rotatable bonds is 5. The van der Waals surface area contributed by atoms with E-state index in [4.69, 9.17) is 0 Å². The van der Waals surface area contributed by atoms with Crippen LogP contribution in [0.1, 0.15) is 59.1 Å². The third-order valence-corrected chi connectivity index (χ3v) is 2.36. The highest BCUT2D eigenvalue weighted by Crippen LogP contribution is 2.18. The molecule has 0 aliphatic rings. The predicted molar refractivity (Wildman–Crippen MR) is 77.6 cm³/mol. The van der Waals surface area contributed by atoms with Gasteiger partial charge in [-0.2, -0.15) is 0 Å². The first kappa shape index (κ1) is 16.8. The molecule has 2 nitrogen and oxygen atoms in total. The van der Waals surface area contributed by atoms with Crippen LogP contribution in [0.15, 0.2) is 24.4 Å². The van der Waals surface area contributed by atoms with Crippen LogP contribution in [0, 0.1) is 5.41 Å². The molecule has 0 saturated carbocycles. The first-order chi connectivity index (χ1) is 8.49. The lowest BCUT2D eigenvalue weighted by molar-refractivity contribution is -0.107. The quantitative estimate of drug-likeness (QED) is 0.570. The highest BCUT2D eigenvalue weighted by molar-refractivity contribution is 5.48. The largest absolute Gasteiger partial charge is 0.303 e. The number of aromatic nitrogens is 1. The van der Waals surface area contributed by atoms with Gasteiger partial charge in [0.1, 0.15) is 6.29 Å². The van der Waals surface area contributed by atoms with Crippen molar-refractivity contribution in [2.24, 2.45) is 5.41 Å². The zero-order valence-electron chi connectivity index (χ0n) is 12.3. The molecule has 1 rings (SSSR count). The standard InChI is InChI=1S/C10H15N.C6H12O/c1-10(2,3)8-9-6-4-5-7-11-9;1-2-3-4-5-6-7/h4-7H,8H2,1-3H3;6H,2-5H2,1H3. The Hall–Kier alpha value is -1.18. The lowest BCUT2D eigenvalue weighted by Crippen LogP contribution is -2.09. The van der Waals surface area contributed by atoms with Crippen LogP contribution in [0.5, 0.6) is 0 Å². The van der Waals surface area contributed by atoms with E-state index in [0.29, 0.717) is 5.41 Å². The molecule has 102 valence electrons. The molecule has 0 bridgehead atoms. The van der Waals surface area contributed by atoms with Crippen molar-refractivity contribution in [2.45, 2.75) is 59.8 Å².